The lowest BCUT2D eigenvalue weighted by atomic mass is 9.90. The number of benzene rings is 1. The van der Waals surface area contributed by atoms with Crippen molar-refractivity contribution in [2.24, 2.45) is 0 Å². The summed E-state index contributed by atoms with van der Waals surface area (Å²) in [4.78, 5) is 12.3. The van der Waals surface area contributed by atoms with Gasteiger partial charge in [0.1, 0.15) is 0 Å². The maximum Gasteiger partial charge on any atom is 0.251 e. The highest BCUT2D eigenvalue weighted by Gasteiger charge is 2.40. The summed E-state index contributed by atoms with van der Waals surface area (Å²) in [6.45, 7) is 3.29. The predicted molar refractivity (Wildman–Crippen MR) is 80.5 cm³/mol. The van der Waals surface area contributed by atoms with Crippen LogP contribution in [-0.4, -0.2) is 30.9 Å². The molecule has 21 heavy (non-hydrogen) atoms. The van der Waals surface area contributed by atoms with Crippen molar-refractivity contribution in [1.82, 2.24) is 5.32 Å². The fourth-order valence-corrected chi connectivity index (χ4v) is 3.41. The van der Waals surface area contributed by atoms with E-state index in [1.807, 2.05) is 19.1 Å². The lowest BCUT2D eigenvalue weighted by Gasteiger charge is -2.35. The Bertz CT molecular complexity index is 510. The topological polar surface area (TPSA) is 47.6 Å². The van der Waals surface area contributed by atoms with Crippen molar-refractivity contribution in [3.63, 3.8) is 0 Å². The lowest BCUT2D eigenvalue weighted by Crippen LogP contribution is -2.44. The summed E-state index contributed by atoms with van der Waals surface area (Å²) in [6.07, 6.45) is 3.44. The molecule has 3 rings (SSSR count). The Morgan fingerprint density at radius 1 is 1.24 bits per heavy atom. The Kier molecular flexibility index (Phi) is 4.20. The van der Waals surface area contributed by atoms with E-state index in [9.17, 15) is 4.79 Å². The quantitative estimate of drug-likeness (QED) is 0.913. The van der Waals surface area contributed by atoms with Crippen LogP contribution in [0.15, 0.2) is 18.2 Å². The number of ether oxygens (including phenoxy) is 2. The van der Waals surface area contributed by atoms with Gasteiger partial charge < -0.3 is 14.8 Å². The summed E-state index contributed by atoms with van der Waals surface area (Å²) in [5.41, 5.74) is 1.61. The molecular weight excluding hydrogens is 290 g/mol. The molecule has 1 N–H and O–H groups in total. The van der Waals surface area contributed by atoms with Crippen molar-refractivity contribution in [3.05, 3.63) is 34.3 Å². The number of halogens is 1. The second kappa shape index (κ2) is 5.95. The molecular formula is C16H20ClNO3. The maximum absolute atomic E-state index is 12.3. The molecule has 5 heteroatoms. The Labute approximate surface area is 129 Å². The van der Waals surface area contributed by atoms with Crippen molar-refractivity contribution in [2.45, 2.75) is 44.4 Å². The number of carbonyl (C=O) groups is 1. The second-order valence-corrected chi connectivity index (χ2v) is 6.31. The molecule has 1 saturated heterocycles. The minimum Gasteiger partial charge on any atom is -0.349 e. The normalized spacial score (nSPS) is 21.6. The summed E-state index contributed by atoms with van der Waals surface area (Å²) in [5.74, 6) is -0.441. The van der Waals surface area contributed by atoms with E-state index < -0.39 is 0 Å². The fraction of sp³-hybridized carbons (Fsp3) is 0.562. The van der Waals surface area contributed by atoms with E-state index >= 15 is 0 Å². The fourth-order valence-electron chi connectivity index (χ4n) is 3.12. The third-order valence-corrected chi connectivity index (χ3v) is 4.42. The van der Waals surface area contributed by atoms with Crippen molar-refractivity contribution in [2.75, 3.05) is 13.2 Å². The summed E-state index contributed by atoms with van der Waals surface area (Å²) >= 11 is 6.01. The monoisotopic (exact) mass is 309 g/mol. The van der Waals surface area contributed by atoms with Crippen molar-refractivity contribution >= 4 is 17.5 Å². The van der Waals surface area contributed by atoms with E-state index in [0.29, 0.717) is 23.8 Å². The smallest absolute Gasteiger partial charge is 0.251 e. The Morgan fingerprint density at radius 2 is 1.90 bits per heavy atom. The van der Waals surface area contributed by atoms with Crippen LogP contribution < -0.4 is 5.32 Å². The van der Waals surface area contributed by atoms with Gasteiger partial charge in [0.05, 0.1) is 13.2 Å². The van der Waals surface area contributed by atoms with Crippen LogP contribution in [0.1, 0.15) is 41.6 Å². The molecule has 0 bridgehead atoms. The van der Waals surface area contributed by atoms with Crippen LogP contribution in [0.5, 0.6) is 0 Å². The molecule has 1 spiro atoms. The highest BCUT2D eigenvalue weighted by molar-refractivity contribution is 6.31. The third-order valence-electron chi connectivity index (χ3n) is 4.20. The van der Waals surface area contributed by atoms with Gasteiger partial charge in [0.2, 0.25) is 0 Å². The first kappa shape index (κ1) is 14.8. The molecule has 1 saturated carbocycles. The molecule has 1 aliphatic heterocycles. The number of aryl methyl sites for hydroxylation is 1. The van der Waals surface area contributed by atoms with E-state index in [2.05, 4.69) is 5.32 Å². The van der Waals surface area contributed by atoms with E-state index in [1.54, 1.807) is 6.07 Å². The van der Waals surface area contributed by atoms with Gasteiger partial charge >= 0.3 is 0 Å². The molecule has 1 aromatic rings. The number of nitrogens with one attached hydrogen (secondary N) is 1. The number of amides is 1. The zero-order valence-electron chi connectivity index (χ0n) is 12.2. The Hall–Kier alpha value is -1.10. The lowest BCUT2D eigenvalue weighted by molar-refractivity contribution is -0.179. The Balaban J connectivity index is 1.58. The second-order valence-electron chi connectivity index (χ2n) is 5.87. The van der Waals surface area contributed by atoms with E-state index in [4.69, 9.17) is 21.1 Å². The van der Waals surface area contributed by atoms with Gasteiger partial charge in [-0.15, -0.1) is 0 Å². The van der Waals surface area contributed by atoms with Crippen LogP contribution in [0, 0.1) is 6.92 Å². The van der Waals surface area contributed by atoms with Gasteiger partial charge in [0, 0.05) is 29.5 Å². The summed E-state index contributed by atoms with van der Waals surface area (Å²) in [5, 5.41) is 3.68. The van der Waals surface area contributed by atoms with Gasteiger partial charge in [-0.05, 0) is 43.5 Å². The molecule has 0 unspecified atom stereocenters. The third kappa shape index (κ3) is 3.39. The molecule has 114 valence electrons. The summed E-state index contributed by atoms with van der Waals surface area (Å²) in [6, 6.07) is 5.58. The largest absolute Gasteiger partial charge is 0.349 e. The zero-order valence-corrected chi connectivity index (χ0v) is 12.9. The number of hydrogen-bond acceptors (Lipinski definition) is 3. The highest BCUT2D eigenvalue weighted by Crippen LogP contribution is 2.35. The Morgan fingerprint density at radius 3 is 2.52 bits per heavy atom. The molecule has 2 aliphatic rings. The van der Waals surface area contributed by atoms with Gasteiger partial charge in [0.15, 0.2) is 5.79 Å². The molecule has 4 nitrogen and oxygen atoms in total. The average molecular weight is 310 g/mol. The molecule has 1 amide bonds. The van der Waals surface area contributed by atoms with Gasteiger partial charge in [-0.1, -0.05) is 11.6 Å². The van der Waals surface area contributed by atoms with Gasteiger partial charge in [-0.2, -0.15) is 0 Å². The predicted octanol–water partition coefficient (Wildman–Crippen LogP) is 3.06. The summed E-state index contributed by atoms with van der Waals surface area (Å²) in [7, 11) is 0. The van der Waals surface area contributed by atoms with Gasteiger partial charge in [-0.25, -0.2) is 0 Å². The summed E-state index contributed by atoms with van der Waals surface area (Å²) < 4.78 is 11.4. The first-order chi connectivity index (χ1) is 10.1. The molecule has 2 fully saturated rings. The van der Waals surface area contributed by atoms with Crippen LogP contribution in [0.4, 0.5) is 0 Å². The molecule has 1 aromatic carbocycles. The maximum atomic E-state index is 12.3. The van der Waals surface area contributed by atoms with Crippen LogP contribution in [0.25, 0.3) is 0 Å². The van der Waals surface area contributed by atoms with Gasteiger partial charge in [-0.3, -0.25) is 4.79 Å². The molecule has 1 heterocycles. The van der Waals surface area contributed by atoms with Crippen molar-refractivity contribution in [1.29, 1.82) is 0 Å². The first-order valence-electron chi connectivity index (χ1n) is 7.42. The minimum atomic E-state index is -0.381. The van der Waals surface area contributed by atoms with Gasteiger partial charge in [0.25, 0.3) is 5.91 Å². The molecule has 0 atom stereocenters. The van der Waals surface area contributed by atoms with E-state index in [0.717, 1.165) is 31.2 Å². The van der Waals surface area contributed by atoms with E-state index in [1.165, 1.54) is 0 Å². The van der Waals surface area contributed by atoms with Crippen LogP contribution in [0.3, 0.4) is 0 Å². The SMILES string of the molecule is Cc1cc(Cl)cc(C(=O)NC2CCC3(CC2)OCCO3)c1. The number of rotatable bonds is 2. The number of hydrogen-bond donors (Lipinski definition) is 1. The highest BCUT2D eigenvalue weighted by atomic mass is 35.5. The molecule has 1 aliphatic carbocycles. The molecule has 0 aromatic heterocycles. The minimum absolute atomic E-state index is 0.0604. The van der Waals surface area contributed by atoms with Crippen LogP contribution >= 0.6 is 11.6 Å². The van der Waals surface area contributed by atoms with Crippen LogP contribution in [-0.2, 0) is 9.47 Å². The zero-order chi connectivity index (χ0) is 14.9. The first-order valence-corrected chi connectivity index (χ1v) is 7.80. The number of carbonyl (C=O) groups excluding carboxylic acids is 1. The standard InChI is InChI=1S/C16H20ClNO3/c1-11-8-12(10-13(17)9-11)15(19)18-14-2-4-16(5-3-14)20-6-7-21-16/h8-10,14H,2-7H2,1H3,(H,18,19). The average Bonchev–Trinajstić information content (AvgIpc) is 2.89. The van der Waals surface area contributed by atoms with Crippen molar-refractivity contribution < 1.29 is 14.3 Å². The van der Waals surface area contributed by atoms with Crippen LogP contribution in [0.2, 0.25) is 5.02 Å². The molecule has 0 radical (unpaired) electrons. The van der Waals surface area contributed by atoms with Crippen molar-refractivity contribution in [3.8, 4) is 0 Å². The van der Waals surface area contributed by atoms with E-state index in [-0.39, 0.29) is 17.7 Å².